The predicted octanol–water partition coefficient (Wildman–Crippen LogP) is 3.24. The second-order valence-electron chi connectivity index (χ2n) is 4.59. The zero-order chi connectivity index (χ0) is 13.4. The molecule has 1 aromatic rings. The Hall–Kier alpha value is -1.22. The third kappa shape index (κ3) is 4.57. The average Bonchev–Trinajstić information content (AvgIpc) is 2.39. The van der Waals surface area contributed by atoms with Gasteiger partial charge in [0.15, 0.2) is 0 Å². The summed E-state index contributed by atoms with van der Waals surface area (Å²) in [5.41, 5.74) is -0.164. The molecule has 0 heterocycles. The second kappa shape index (κ2) is 7.27. The number of benzene rings is 1. The van der Waals surface area contributed by atoms with Gasteiger partial charge in [-0.15, -0.1) is 0 Å². The molecule has 102 valence electrons. The van der Waals surface area contributed by atoms with Crippen LogP contribution in [-0.2, 0) is 0 Å². The van der Waals surface area contributed by atoms with Crippen LogP contribution in [-0.4, -0.2) is 25.3 Å². The summed E-state index contributed by atoms with van der Waals surface area (Å²) in [6.45, 7) is 10.9. The summed E-state index contributed by atoms with van der Waals surface area (Å²) in [7, 11) is 0. The highest BCUT2D eigenvalue weighted by molar-refractivity contribution is 5.31. The Labute approximate surface area is 110 Å². The molecule has 0 aliphatic heterocycles. The molecule has 1 N–H and O–H groups in total. The van der Waals surface area contributed by atoms with Crippen LogP contribution in [0.25, 0.3) is 0 Å². The molecule has 3 heteroatoms. The minimum absolute atomic E-state index is 0.164. The topological polar surface area (TPSA) is 30.5 Å². The number of nitrogens with one attached hydrogen (secondary N) is 1. The first-order valence-corrected chi connectivity index (χ1v) is 6.76. The summed E-state index contributed by atoms with van der Waals surface area (Å²) >= 11 is 0. The van der Waals surface area contributed by atoms with E-state index in [2.05, 4.69) is 26.1 Å². The van der Waals surface area contributed by atoms with Gasteiger partial charge in [0.1, 0.15) is 17.1 Å². The van der Waals surface area contributed by atoms with Crippen molar-refractivity contribution in [3.05, 3.63) is 24.3 Å². The summed E-state index contributed by atoms with van der Waals surface area (Å²) in [4.78, 5) is 0. The van der Waals surface area contributed by atoms with E-state index in [0.29, 0.717) is 6.61 Å². The van der Waals surface area contributed by atoms with E-state index in [4.69, 9.17) is 9.47 Å². The van der Waals surface area contributed by atoms with Crippen LogP contribution in [0.15, 0.2) is 24.3 Å². The van der Waals surface area contributed by atoms with Crippen molar-refractivity contribution in [1.29, 1.82) is 0 Å². The predicted molar refractivity (Wildman–Crippen MR) is 75.5 cm³/mol. The van der Waals surface area contributed by atoms with Crippen molar-refractivity contribution < 1.29 is 9.47 Å². The molecule has 1 unspecified atom stereocenters. The molecule has 0 aliphatic rings. The number of likely N-dealkylation sites (N-methyl/N-ethyl adjacent to an activating group) is 1. The van der Waals surface area contributed by atoms with Crippen molar-refractivity contribution in [1.82, 2.24) is 5.32 Å². The van der Waals surface area contributed by atoms with Crippen molar-refractivity contribution in [2.75, 3.05) is 19.7 Å². The van der Waals surface area contributed by atoms with E-state index in [-0.39, 0.29) is 5.60 Å². The molecule has 0 aromatic heterocycles. The van der Waals surface area contributed by atoms with Gasteiger partial charge < -0.3 is 14.8 Å². The van der Waals surface area contributed by atoms with E-state index in [9.17, 15) is 0 Å². The summed E-state index contributed by atoms with van der Waals surface area (Å²) in [5, 5.41) is 3.34. The van der Waals surface area contributed by atoms with Crippen molar-refractivity contribution in [3.63, 3.8) is 0 Å². The fraction of sp³-hybridized carbons (Fsp3) is 0.600. The monoisotopic (exact) mass is 251 g/mol. The van der Waals surface area contributed by atoms with Crippen molar-refractivity contribution in [2.24, 2.45) is 0 Å². The van der Waals surface area contributed by atoms with Gasteiger partial charge >= 0.3 is 0 Å². The van der Waals surface area contributed by atoms with Gasteiger partial charge in [-0.05, 0) is 51.1 Å². The Morgan fingerprint density at radius 2 is 1.67 bits per heavy atom. The summed E-state index contributed by atoms with van der Waals surface area (Å²) < 4.78 is 11.5. The summed E-state index contributed by atoms with van der Waals surface area (Å²) in [5.74, 6) is 1.77. The minimum atomic E-state index is -0.164. The molecule has 1 atom stereocenters. The Morgan fingerprint density at radius 1 is 1.06 bits per heavy atom. The zero-order valence-electron chi connectivity index (χ0n) is 12.0. The van der Waals surface area contributed by atoms with Gasteiger partial charge in [0.05, 0.1) is 6.61 Å². The average molecular weight is 251 g/mol. The lowest BCUT2D eigenvalue weighted by atomic mass is 10.0. The first-order valence-electron chi connectivity index (χ1n) is 6.76. The van der Waals surface area contributed by atoms with E-state index in [1.54, 1.807) is 0 Å². The Morgan fingerprint density at radius 3 is 2.17 bits per heavy atom. The molecule has 0 radical (unpaired) electrons. The largest absolute Gasteiger partial charge is 0.494 e. The summed E-state index contributed by atoms with van der Waals surface area (Å²) in [6, 6.07) is 7.82. The van der Waals surface area contributed by atoms with Crippen LogP contribution in [0.2, 0.25) is 0 Å². The third-order valence-electron chi connectivity index (χ3n) is 3.00. The summed E-state index contributed by atoms with van der Waals surface area (Å²) in [6.07, 6.45) is 0.965. The number of rotatable bonds is 8. The molecule has 1 aromatic carbocycles. The quantitative estimate of drug-likeness (QED) is 0.769. The number of ether oxygens (including phenoxy) is 2. The van der Waals surface area contributed by atoms with Crippen molar-refractivity contribution in [3.8, 4) is 11.5 Å². The zero-order valence-corrected chi connectivity index (χ0v) is 12.0. The van der Waals surface area contributed by atoms with Gasteiger partial charge in [-0.3, -0.25) is 0 Å². The third-order valence-corrected chi connectivity index (χ3v) is 3.00. The SMILES string of the molecule is CCNCC(C)(CC)Oc1ccc(OCC)cc1. The van der Waals surface area contributed by atoms with Crippen LogP contribution >= 0.6 is 0 Å². The van der Waals surface area contributed by atoms with Gasteiger partial charge in [-0.2, -0.15) is 0 Å². The van der Waals surface area contributed by atoms with E-state index >= 15 is 0 Å². The van der Waals surface area contributed by atoms with Gasteiger partial charge in [0.2, 0.25) is 0 Å². The maximum absolute atomic E-state index is 6.07. The van der Waals surface area contributed by atoms with Crippen molar-refractivity contribution >= 4 is 0 Å². The van der Waals surface area contributed by atoms with Crippen LogP contribution in [0.4, 0.5) is 0 Å². The fourth-order valence-electron chi connectivity index (χ4n) is 1.68. The molecule has 0 amide bonds. The normalized spacial score (nSPS) is 14.0. The molecule has 0 aliphatic carbocycles. The molecule has 18 heavy (non-hydrogen) atoms. The van der Waals surface area contributed by atoms with E-state index in [1.165, 1.54) is 0 Å². The minimum Gasteiger partial charge on any atom is -0.494 e. The lowest BCUT2D eigenvalue weighted by Crippen LogP contribution is -2.42. The molecule has 0 saturated carbocycles. The number of hydrogen-bond acceptors (Lipinski definition) is 3. The van der Waals surface area contributed by atoms with Gasteiger partial charge in [0, 0.05) is 6.54 Å². The van der Waals surface area contributed by atoms with Crippen LogP contribution in [0.1, 0.15) is 34.1 Å². The van der Waals surface area contributed by atoms with Gasteiger partial charge in [0.25, 0.3) is 0 Å². The van der Waals surface area contributed by atoms with E-state index in [0.717, 1.165) is 31.0 Å². The molecule has 0 saturated heterocycles. The maximum atomic E-state index is 6.07. The standard InChI is InChI=1S/C15H25NO2/c1-5-15(4,12-16-6-2)18-14-10-8-13(9-11-14)17-7-3/h8-11,16H,5-7,12H2,1-4H3. The first-order chi connectivity index (χ1) is 8.63. The molecule has 3 nitrogen and oxygen atoms in total. The molecule has 0 spiro atoms. The van der Waals surface area contributed by atoms with Crippen LogP contribution in [0.5, 0.6) is 11.5 Å². The lowest BCUT2D eigenvalue weighted by Gasteiger charge is -2.30. The van der Waals surface area contributed by atoms with Gasteiger partial charge in [-0.1, -0.05) is 13.8 Å². The van der Waals surface area contributed by atoms with Crippen LogP contribution in [0, 0.1) is 0 Å². The Kier molecular flexibility index (Phi) is 5.99. The first kappa shape index (κ1) is 14.8. The molecule has 1 rings (SSSR count). The van der Waals surface area contributed by atoms with Crippen LogP contribution < -0.4 is 14.8 Å². The maximum Gasteiger partial charge on any atom is 0.120 e. The van der Waals surface area contributed by atoms with Crippen LogP contribution in [0.3, 0.4) is 0 Å². The van der Waals surface area contributed by atoms with Gasteiger partial charge in [-0.25, -0.2) is 0 Å². The Balaban J connectivity index is 2.63. The lowest BCUT2D eigenvalue weighted by molar-refractivity contribution is 0.0841. The highest BCUT2D eigenvalue weighted by Crippen LogP contribution is 2.23. The second-order valence-corrected chi connectivity index (χ2v) is 4.59. The van der Waals surface area contributed by atoms with E-state index < -0.39 is 0 Å². The van der Waals surface area contributed by atoms with Crippen molar-refractivity contribution in [2.45, 2.75) is 39.7 Å². The highest BCUT2D eigenvalue weighted by Gasteiger charge is 2.23. The molecule has 0 bridgehead atoms. The number of hydrogen-bond donors (Lipinski definition) is 1. The fourth-order valence-corrected chi connectivity index (χ4v) is 1.68. The molecular weight excluding hydrogens is 226 g/mol. The Bertz CT molecular complexity index is 337. The highest BCUT2D eigenvalue weighted by atomic mass is 16.5. The molecule has 0 fully saturated rings. The smallest absolute Gasteiger partial charge is 0.120 e. The molecular formula is C15H25NO2. The van der Waals surface area contributed by atoms with E-state index in [1.807, 2.05) is 31.2 Å².